The third-order valence-corrected chi connectivity index (χ3v) is 8.22. The Hall–Kier alpha value is -5.10. The molecule has 0 saturated carbocycles. The maximum atomic E-state index is 13.3. The molecule has 0 N–H and O–H groups in total. The summed E-state index contributed by atoms with van der Waals surface area (Å²) in [6, 6.07) is 28.7. The average Bonchev–Trinajstić information content (AvgIpc) is 3.68. The van der Waals surface area contributed by atoms with Crippen molar-refractivity contribution in [2.75, 3.05) is 22.9 Å². The summed E-state index contributed by atoms with van der Waals surface area (Å²) in [5.74, 6) is 0.234. The summed E-state index contributed by atoms with van der Waals surface area (Å²) < 4.78 is 0. The van der Waals surface area contributed by atoms with E-state index in [1.807, 2.05) is 58.6 Å². The van der Waals surface area contributed by atoms with E-state index in [4.69, 9.17) is 0 Å². The molecule has 2 aromatic heterocycles. The molecular formula is C36H30N4O2. The van der Waals surface area contributed by atoms with Gasteiger partial charge in [0.05, 0.1) is 11.4 Å². The van der Waals surface area contributed by atoms with E-state index < -0.39 is 0 Å². The molecule has 0 atom stereocenters. The Morgan fingerprint density at radius 3 is 1.29 bits per heavy atom. The second kappa shape index (κ2) is 11.1. The predicted octanol–water partition coefficient (Wildman–Crippen LogP) is 7.40. The Kier molecular flexibility index (Phi) is 6.80. The lowest BCUT2D eigenvalue weighted by Gasteiger charge is -2.28. The van der Waals surface area contributed by atoms with Crippen molar-refractivity contribution in [3.8, 4) is 44.5 Å². The van der Waals surface area contributed by atoms with Gasteiger partial charge >= 0.3 is 0 Å². The van der Waals surface area contributed by atoms with Gasteiger partial charge in [-0.1, -0.05) is 60.7 Å². The molecule has 2 aliphatic rings. The molecule has 0 bridgehead atoms. The van der Waals surface area contributed by atoms with Crippen molar-refractivity contribution in [1.82, 2.24) is 9.97 Å². The normalized spacial score (nSPS) is 15.0. The number of anilines is 2. The van der Waals surface area contributed by atoms with Crippen LogP contribution in [0.4, 0.5) is 11.4 Å². The Balaban J connectivity index is 1.53. The Morgan fingerprint density at radius 1 is 0.500 bits per heavy atom. The number of carbonyl (C=O) groups excluding carboxylic acids is 2. The largest absolute Gasteiger partial charge is 0.312 e. The number of benzene rings is 3. The standard InChI is InChI=1S/C36H30N4O2/c41-35-15-7-19-39(35)33-22-32(30-14-4-2-12-28(30)26-10-6-18-38-24-26)34(40-20-8-16-36(40)42)21-31(33)29-13-3-1-11-27(29)25-9-5-17-37-23-25/h1-6,9-14,17-18,21-24H,7-8,15-16,19-20H2. The maximum absolute atomic E-state index is 13.3. The van der Waals surface area contributed by atoms with Gasteiger partial charge in [0.2, 0.25) is 11.8 Å². The second-order valence-corrected chi connectivity index (χ2v) is 10.8. The van der Waals surface area contributed by atoms with Crippen LogP contribution in [0.3, 0.4) is 0 Å². The molecule has 0 radical (unpaired) electrons. The van der Waals surface area contributed by atoms with Gasteiger partial charge in [0, 0.05) is 73.0 Å². The number of pyridine rings is 2. The number of amides is 2. The molecular weight excluding hydrogens is 520 g/mol. The lowest BCUT2D eigenvalue weighted by molar-refractivity contribution is -0.117. The average molecular weight is 551 g/mol. The molecule has 5 aromatic rings. The number of carbonyl (C=O) groups is 2. The van der Waals surface area contributed by atoms with Crippen LogP contribution in [-0.2, 0) is 9.59 Å². The van der Waals surface area contributed by atoms with Gasteiger partial charge < -0.3 is 9.80 Å². The molecule has 0 unspecified atom stereocenters. The van der Waals surface area contributed by atoms with Crippen LogP contribution in [-0.4, -0.2) is 34.9 Å². The summed E-state index contributed by atoms with van der Waals surface area (Å²) in [4.78, 5) is 39.1. The van der Waals surface area contributed by atoms with Gasteiger partial charge in [-0.25, -0.2) is 0 Å². The van der Waals surface area contributed by atoms with Crippen LogP contribution < -0.4 is 9.80 Å². The van der Waals surface area contributed by atoms with Crippen LogP contribution in [0.25, 0.3) is 44.5 Å². The first-order valence-electron chi connectivity index (χ1n) is 14.5. The van der Waals surface area contributed by atoms with E-state index in [2.05, 4.69) is 58.5 Å². The van der Waals surface area contributed by atoms with Crippen LogP contribution in [0.15, 0.2) is 110 Å². The summed E-state index contributed by atoms with van der Waals surface area (Å²) in [6.07, 6.45) is 9.95. The fourth-order valence-corrected chi connectivity index (χ4v) is 6.24. The first-order chi connectivity index (χ1) is 20.7. The van der Waals surface area contributed by atoms with Crippen molar-refractivity contribution in [3.63, 3.8) is 0 Å². The fourth-order valence-electron chi connectivity index (χ4n) is 6.24. The third-order valence-electron chi connectivity index (χ3n) is 8.22. The molecule has 2 fully saturated rings. The molecule has 0 aliphatic carbocycles. The lowest BCUT2D eigenvalue weighted by Crippen LogP contribution is -2.27. The zero-order valence-corrected chi connectivity index (χ0v) is 23.2. The number of rotatable bonds is 6. The topological polar surface area (TPSA) is 66.4 Å². The number of hydrogen-bond donors (Lipinski definition) is 0. The number of aromatic nitrogens is 2. The summed E-state index contributed by atoms with van der Waals surface area (Å²) >= 11 is 0. The summed E-state index contributed by atoms with van der Waals surface area (Å²) in [5, 5.41) is 0. The van der Waals surface area contributed by atoms with E-state index >= 15 is 0 Å². The smallest absolute Gasteiger partial charge is 0.227 e. The van der Waals surface area contributed by atoms with E-state index in [0.29, 0.717) is 25.9 Å². The Bertz CT molecular complexity index is 1650. The highest BCUT2D eigenvalue weighted by atomic mass is 16.2. The lowest BCUT2D eigenvalue weighted by atomic mass is 9.88. The summed E-state index contributed by atoms with van der Waals surface area (Å²) in [7, 11) is 0. The molecule has 2 amide bonds. The molecule has 6 heteroatoms. The van der Waals surface area contributed by atoms with Crippen LogP contribution in [0.2, 0.25) is 0 Å². The van der Waals surface area contributed by atoms with Gasteiger partial charge in [-0.2, -0.15) is 0 Å². The van der Waals surface area contributed by atoms with Crippen LogP contribution in [0.5, 0.6) is 0 Å². The van der Waals surface area contributed by atoms with Crippen LogP contribution in [0, 0.1) is 0 Å². The minimum atomic E-state index is 0.117. The van der Waals surface area contributed by atoms with Gasteiger partial charge in [0.25, 0.3) is 0 Å². The second-order valence-electron chi connectivity index (χ2n) is 10.8. The quantitative estimate of drug-likeness (QED) is 0.221. The predicted molar refractivity (Wildman–Crippen MR) is 167 cm³/mol. The Morgan fingerprint density at radius 2 is 0.929 bits per heavy atom. The monoisotopic (exact) mass is 550 g/mol. The van der Waals surface area contributed by atoms with E-state index in [-0.39, 0.29) is 11.8 Å². The molecule has 2 saturated heterocycles. The molecule has 7 rings (SSSR count). The van der Waals surface area contributed by atoms with Gasteiger partial charge in [-0.05, 0) is 59.4 Å². The van der Waals surface area contributed by atoms with Gasteiger partial charge in [-0.15, -0.1) is 0 Å². The SMILES string of the molecule is O=C1CCCN1c1cc(-c2ccccc2-c2cccnc2)c(N2CCCC2=O)cc1-c1ccccc1-c1cccnc1. The number of hydrogen-bond acceptors (Lipinski definition) is 4. The third kappa shape index (κ3) is 4.65. The fraction of sp³-hybridized carbons (Fsp3) is 0.167. The molecule has 2 aliphatic heterocycles. The molecule has 206 valence electrons. The van der Waals surface area contributed by atoms with E-state index in [1.54, 1.807) is 12.4 Å². The van der Waals surface area contributed by atoms with E-state index in [9.17, 15) is 9.59 Å². The molecule has 6 nitrogen and oxygen atoms in total. The molecule has 0 spiro atoms. The number of nitrogens with zero attached hydrogens (tertiary/aromatic N) is 4. The molecule has 3 aromatic carbocycles. The maximum Gasteiger partial charge on any atom is 0.227 e. The van der Waals surface area contributed by atoms with E-state index in [1.165, 1.54) is 0 Å². The first kappa shape index (κ1) is 25.8. The van der Waals surface area contributed by atoms with Crippen molar-refractivity contribution in [1.29, 1.82) is 0 Å². The highest BCUT2D eigenvalue weighted by molar-refractivity contribution is 6.08. The molecule has 42 heavy (non-hydrogen) atoms. The highest BCUT2D eigenvalue weighted by Gasteiger charge is 2.31. The zero-order valence-electron chi connectivity index (χ0n) is 23.2. The minimum Gasteiger partial charge on any atom is -0.312 e. The summed E-state index contributed by atoms with van der Waals surface area (Å²) in [6.45, 7) is 1.32. The van der Waals surface area contributed by atoms with Crippen molar-refractivity contribution in [3.05, 3.63) is 110 Å². The Labute approximate surface area is 245 Å². The molecule has 4 heterocycles. The van der Waals surface area contributed by atoms with Crippen LogP contribution in [0.1, 0.15) is 25.7 Å². The van der Waals surface area contributed by atoms with Gasteiger partial charge in [0.15, 0.2) is 0 Å². The van der Waals surface area contributed by atoms with Gasteiger partial charge in [-0.3, -0.25) is 19.6 Å². The van der Waals surface area contributed by atoms with E-state index in [0.717, 1.165) is 68.7 Å². The first-order valence-corrected chi connectivity index (χ1v) is 14.5. The highest BCUT2D eigenvalue weighted by Crippen LogP contribution is 2.47. The van der Waals surface area contributed by atoms with Crippen molar-refractivity contribution in [2.24, 2.45) is 0 Å². The summed E-state index contributed by atoms with van der Waals surface area (Å²) in [5.41, 5.74) is 9.64. The van der Waals surface area contributed by atoms with Gasteiger partial charge in [0.1, 0.15) is 0 Å². The van der Waals surface area contributed by atoms with Crippen LogP contribution >= 0.6 is 0 Å². The zero-order chi connectivity index (χ0) is 28.5. The van der Waals surface area contributed by atoms with Crippen molar-refractivity contribution >= 4 is 23.2 Å². The minimum absolute atomic E-state index is 0.117. The van der Waals surface area contributed by atoms with Crippen molar-refractivity contribution < 1.29 is 9.59 Å². The van der Waals surface area contributed by atoms with Crippen molar-refractivity contribution in [2.45, 2.75) is 25.7 Å².